The first-order chi connectivity index (χ1) is 13.4. The molecule has 1 saturated heterocycles. The molecule has 2 aliphatic carbocycles. The highest BCUT2D eigenvalue weighted by Gasteiger charge is 2.59. The molecule has 2 aromatic heterocycles. The van der Waals surface area contributed by atoms with E-state index >= 15 is 0 Å². The molecule has 1 spiro atoms. The van der Waals surface area contributed by atoms with Crippen LogP contribution in [0, 0.1) is 11.3 Å². The fourth-order valence-corrected chi connectivity index (χ4v) is 4.72. The van der Waals surface area contributed by atoms with E-state index in [1.165, 1.54) is 0 Å². The first-order valence-electron chi connectivity index (χ1n) is 10.2. The maximum absolute atomic E-state index is 13.4. The molecule has 3 aliphatic rings. The summed E-state index contributed by atoms with van der Waals surface area (Å²) in [5.41, 5.74) is 2.70. The van der Waals surface area contributed by atoms with Crippen LogP contribution in [0.15, 0.2) is 10.6 Å². The molecule has 1 unspecified atom stereocenters. The number of fused-ring (bicyclic) bond motifs is 1. The molecule has 7 nitrogen and oxygen atoms in total. The minimum atomic E-state index is -0.698. The van der Waals surface area contributed by atoms with Crippen molar-refractivity contribution < 1.29 is 19.2 Å². The van der Waals surface area contributed by atoms with Crippen molar-refractivity contribution in [3.63, 3.8) is 0 Å². The molecule has 0 radical (unpaired) electrons. The number of aliphatic carboxylic acids is 1. The van der Waals surface area contributed by atoms with Crippen LogP contribution in [0.3, 0.4) is 0 Å². The Hall–Kier alpha value is -2.44. The Morgan fingerprint density at radius 2 is 2.00 bits per heavy atom. The Morgan fingerprint density at radius 3 is 2.57 bits per heavy atom. The second kappa shape index (κ2) is 6.03. The van der Waals surface area contributed by atoms with Gasteiger partial charge in [0.15, 0.2) is 0 Å². The van der Waals surface area contributed by atoms with Gasteiger partial charge < -0.3 is 14.5 Å². The Bertz CT molecular complexity index is 967. The summed E-state index contributed by atoms with van der Waals surface area (Å²) in [7, 11) is 0. The van der Waals surface area contributed by atoms with Gasteiger partial charge in [0, 0.05) is 24.7 Å². The zero-order valence-electron chi connectivity index (χ0n) is 16.3. The van der Waals surface area contributed by atoms with E-state index in [4.69, 9.17) is 4.52 Å². The van der Waals surface area contributed by atoms with E-state index in [2.05, 4.69) is 10.1 Å². The largest absolute Gasteiger partial charge is 0.481 e. The maximum atomic E-state index is 13.4. The number of rotatable bonds is 4. The number of carboxylic acids is 1. The molecule has 3 heterocycles. The van der Waals surface area contributed by atoms with Crippen LogP contribution in [-0.2, 0) is 4.79 Å². The molecule has 1 amide bonds. The van der Waals surface area contributed by atoms with Crippen molar-refractivity contribution in [2.24, 2.45) is 11.3 Å². The van der Waals surface area contributed by atoms with Gasteiger partial charge in [-0.1, -0.05) is 19.0 Å². The van der Waals surface area contributed by atoms with Crippen molar-refractivity contribution in [1.82, 2.24) is 15.0 Å². The lowest BCUT2D eigenvalue weighted by Gasteiger charge is -2.33. The third-order valence-corrected chi connectivity index (χ3v) is 6.80. The highest BCUT2D eigenvalue weighted by molar-refractivity contribution is 6.06. The van der Waals surface area contributed by atoms with Crippen molar-refractivity contribution in [1.29, 1.82) is 0 Å². The molecule has 1 atom stereocenters. The van der Waals surface area contributed by atoms with Gasteiger partial charge in [-0.05, 0) is 49.5 Å². The molecule has 28 heavy (non-hydrogen) atoms. The summed E-state index contributed by atoms with van der Waals surface area (Å²) in [5.74, 6) is -0.397. The maximum Gasteiger partial charge on any atom is 0.307 e. The van der Waals surface area contributed by atoms with Crippen LogP contribution in [-0.4, -0.2) is 45.1 Å². The fourth-order valence-electron chi connectivity index (χ4n) is 4.72. The number of amides is 1. The molecule has 2 saturated carbocycles. The van der Waals surface area contributed by atoms with Crippen LogP contribution in [0.5, 0.6) is 0 Å². The van der Waals surface area contributed by atoms with Crippen LogP contribution in [0.25, 0.3) is 11.1 Å². The monoisotopic (exact) mass is 383 g/mol. The Balaban J connectivity index is 1.46. The van der Waals surface area contributed by atoms with E-state index in [1.807, 2.05) is 24.8 Å². The number of hydrogen-bond acceptors (Lipinski definition) is 5. The number of carboxylic acid groups (broad SMARTS) is 1. The zero-order chi connectivity index (χ0) is 19.6. The standard InChI is InChI=1S/C21H25N3O4/c1-11(2)17-16-13(9-15(12-3-4-12)22-18(16)28-23-17)19(25)24-7-5-21(6-8-24)10-14(21)20(26)27/h9,11-12,14H,3-8,10H2,1-2H3,(H,26,27). The molecule has 0 bridgehead atoms. The van der Waals surface area contributed by atoms with Crippen molar-refractivity contribution >= 4 is 23.0 Å². The predicted molar refractivity (Wildman–Crippen MR) is 101 cm³/mol. The highest BCUT2D eigenvalue weighted by atomic mass is 16.5. The summed E-state index contributed by atoms with van der Waals surface area (Å²) < 4.78 is 5.49. The fraction of sp³-hybridized carbons (Fsp3) is 0.619. The number of likely N-dealkylation sites (tertiary alicyclic amines) is 1. The van der Waals surface area contributed by atoms with E-state index < -0.39 is 5.97 Å². The quantitative estimate of drug-likeness (QED) is 0.867. The van der Waals surface area contributed by atoms with Crippen molar-refractivity contribution in [3.05, 3.63) is 23.0 Å². The number of carbonyl (C=O) groups is 2. The summed E-state index contributed by atoms with van der Waals surface area (Å²) in [6.45, 7) is 5.27. The summed E-state index contributed by atoms with van der Waals surface area (Å²) in [6.07, 6.45) is 4.47. The van der Waals surface area contributed by atoms with Crippen LogP contribution < -0.4 is 0 Å². The minimum absolute atomic E-state index is 0.0122. The van der Waals surface area contributed by atoms with Gasteiger partial charge in [0.05, 0.1) is 22.6 Å². The molecular weight excluding hydrogens is 358 g/mol. The summed E-state index contributed by atoms with van der Waals surface area (Å²) >= 11 is 0. The Kier molecular flexibility index (Phi) is 3.80. The lowest BCUT2D eigenvalue weighted by molar-refractivity contribution is -0.139. The van der Waals surface area contributed by atoms with E-state index in [0.29, 0.717) is 30.3 Å². The summed E-state index contributed by atoms with van der Waals surface area (Å²) in [4.78, 5) is 31.2. The van der Waals surface area contributed by atoms with Crippen molar-refractivity contribution in [2.45, 2.75) is 57.8 Å². The molecular formula is C21H25N3O4. The molecule has 7 heteroatoms. The van der Waals surface area contributed by atoms with E-state index in [1.54, 1.807) is 0 Å². The predicted octanol–water partition coefficient (Wildman–Crippen LogP) is 3.55. The van der Waals surface area contributed by atoms with Crippen molar-refractivity contribution in [2.75, 3.05) is 13.1 Å². The van der Waals surface area contributed by atoms with E-state index in [9.17, 15) is 14.7 Å². The normalized spacial score (nSPS) is 23.5. The van der Waals surface area contributed by atoms with Gasteiger partial charge in [-0.2, -0.15) is 0 Å². The Morgan fingerprint density at radius 1 is 1.29 bits per heavy atom. The third-order valence-electron chi connectivity index (χ3n) is 6.80. The smallest absolute Gasteiger partial charge is 0.307 e. The molecule has 148 valence electrons. The van der Waals surface area contributed by atoms with Crippen molar-refractivity contribution in [3.8, 4) is 0 Å². The summed E-state index contributed by atoms with van der Waals surface area (Å²) in [5, 5.41) is 14.2. The molecule has 0 aromatic carbocycles. The average molecular weight is 383 g/mol. The first-order valence-corrected chi connectivity index (χ1v) is 10.2. The first kappa shape index (κ1) is 17.6. The second-order valence-electron chi connectivity index (χ2n) is 9.02. The highest BCUT2D eigenvalue weighted by Crippen LogP contribution is 2.59. The van der Waals surface area contributed by atoms with Crippen LogP contribution in [0.2, 0.25) is 0 Å². The number of nitrogens with zero attached hydrogens (tertiary/aromatic N) is 3. The van der Waals surface area contributed by atoms with Gasteiger partial charge in [-0.15, -0.1) is 0 Å². The molecule has 2 aromatic rings. The average Bonchev–Trinajstić information content (AvgIpc) is 3.58. The topological polar surface area (TPSA) is 96.5 Å². The van der Waals surface area contributed by atoms with Gasteiger partial charge in [-0.3, -0.25) is 9.59 Å². The number of piperidine rings is 1. The van der Waals surface area contributed by atoms with Crippen LogP contribution in [0.1, 0.15) is 79.5 Å². The SMILES string of the molecule is CC(C)c1noc2nc(C3CC3)cc(C(=O)N3CCC4(CC3)CC4C(=O)O)c12. The lowest BCUT2D eigenvalue weighted by Crippen LogP contribution is -2.40. The lowest BCUT2D eigenvalue weighted by atomic mass is 9.90. The van der Waals surface area contributed by atoms with E-state index in [0.717, 1.165) is 48.9 Å². The Labute approximate surface area is 163 Å². The third kappa shape index (κ3) is 2.71. The number of aromatic nitrogens is 2. The van der Waals surface area contributed by atoms with Gasteiger partial charge in [0.1, 0.15) is 0 Å². The summed E-state index contributed by atoms with van der Waals surface area (Å²) in [6, 6.07) is 1.94. The van der Waals surface area contributed by atoms with Gasteiger partial charge in [0.2, 0.25) is 0 Å². The van der Waals surface area contributed by atoms with Gasteiger partial charge in [0.25, 0.3) is 11.6 Å². The van der Waals surface area contributed by atoms with Crippen LogP contribution in [0.4, 0.5) is 0 Å². The molecule has 1 N–H and O–H groups in total. The molecule has 5 rings (SSSR count). The number of pyridine rings is 1. The number of carbonyl (C=O) groups excluding carboxylic acids is 1. The van der Waals surface area contributed by atoms with Gasteiger partial charge >= 0.3 is 5.97 Å². The van der Waals surface area contributed by atoms with Crippen LogP contribution >= 0.6 is 0 Å². The van der Waals surface area contributed by atoms with E-state index in [-0.39, 0.29) is 23.2 Å². The second-order valence-corrected chi connectivity index (χ2v) is 9.02. The minimum Gasteiger partial charge on any atom is -0.481 e. The molecule has 1 aliphatic heterocycles. The molecule has 3 fully saturated rings. The zero-order valence-corrected chi connectivity index (χ0v) is 16.3. The number of hydrogen-bond donors (Lipinski definition) is 1. The van der Waals surface area contributed by atoms with Gasteiger partial charge in [-0.25, -0.2) is 4.98 Å².